The number of rotatable bonds is 6. The lowest BCUT2D eigenvalue weighted by atomic mass is 10.2. The zero-order chi connectivity index (χ0) is 13.5. The van der Waals surface area contributed by atoms with Crippen molar-refractivity contribution in [1.29, 1.82) is 0 Å². The third kappa shape index (κ3) is 5.30. The van der Waals surface area contributed by atoms with Crippen molar-refractivity contribution in [2.75, 3.05) is 40.0 Å². The molecular formula is C12H23NO5. The summed E-state index contributed by atoms with van der Waals surface area (Å²) in [7, 11) is 1.34. The van der Waals surface area contributed by atoms with Crippen LogP contribution >= 0.6 is 0 Å². The monoisotopic (exact) mass is 261 g/mol. The fraction of sp³-hybridized carbons (Fsp3) is 0.917. The molecule has 1 heterocycles. The molecule has 1 saturated heterocycles. The van der Waals surface area contributed by atoms with Gasteiger partial charge < -0.3 is 19.3 Å². The standard InChI is InChI=1S/C12H23NO5/c1-9(2)18-8-10(14)6-13-4-5-17-11(7-13)12(15)16-3/h9-11,14H,4-8H2,1-3H3. The molecule has 1 fully saturated rings. The minimum Gasteiger partial charge on any atom is -0.467 e. The second-order valence-corrected chi connectivity index (χ2v) is 4.68. The van der Waals surface area contributed by atoms with Gasteiger partial charge in [-0.05, 0) is 13.8 Å². The number of hydrogen-bond acceptors (Lipinski definition) is 6. The summed E-state index contributed by atoms with van der Waals surface area (Å²) in [6.07, 6.45) is -1.00. The molecule has 1 rings (SSSR count). The lowest BCUT2D eigenvalue weighted by Gasteiger charge is -2.32. The molecule has 0 saturated carbocycles. The highest BCUT2D eigenvalue weighted by Gasteiger charge is 2.28. The van der Waals surface area contributed by atoms with E-state index in [-0.39, 0.29) is 12.1 Å². The average molecular weight is 261 g/mol. The lowest BCUT2D eigenvalue weighted by Crippen LogP contribution is -2.49. The molecule has 18 heavy (non-hydrogen) atoms. The number of aliphatic hydroxyl groups is 1. The zero-order valence-corrected chi connectivity index (χ0v) is 11.3. The van der Waals surface area contributed by atoms with Crippen LogP contribution in [0, 0.1) is 0 Å². The van der Waals surface area contributed by atoms with E-state index in [2.05, 4.69) is 4.74 Å². The van der Waals surface area contributed by atoms with Gasteiger partial charge in [-0.3, -0.25) is 4.90 Å². The average Bonchev–Trinajstić information content (AvgIpc) is 2.35. The fourth-order valence-electron chi connectivity index (χ4n) is 1.80. The molecule has 2 unspecified atom stereocenters. The Kier molecular flexibility index (Phi) is 6.56. The molecule has 0 aliphatic carbocycles. The van der Waals surface area contributed by atoms with Crippen LogP contribution in [0.1, 0.15) is 13.8 Å². The Bertz CT molecular complexity index is 259. The zero-order valence-electron chi connectivity index (χ0n) is 11.3. The van der Waals surface area contributed by atoms with Gasteiger partial charge in [-0.2, -0.15) is 0 Å². The molecular weight excluding hydrogens is 238 g/mol. The maximum Gasteiger partial charge on any atom is 0.336 e. The summed E-state index contributed by atoms with van der Waals surface area (Å²) in [6, 6.07) is 0. The smallest absolute Gasteiger partial charge is 0.336 e. The highest BCUT2D eigenvalue weighted by molar-refractivity contribution is 5.74. The molecule has 1 N–H and O–H groups in total. The molecule has 0 radical (unpaired) electrons. The second kappa shape index (κ2) is 7.68. The van der Waals surface area contributed by atoms with Crippen molar-refractivity contribution in [2.45, 2.75) is 32.2 Å². The van der Waals surface area contributed by atoms with E-state index in [0.29, 0.717) is 32.8 Å². The normalized spacial score (nSPS) is 23.1. The van der Waals surface area contributed by atoms with Crippen molar-refractivity contribution in [3.63, 3.8) is 0 Å². The molecule has 0 aromatic rings. The minimum absolute atomic E-state index is 0.104. The van der Waals surface area contributed by atoms with Crippen molar-refractivity contribution < 1.29 is 24.1 Å². The Morgan fingerprint density at radius 2 is 2.28 bits per heavy atom. The molecule has 0 amide bonds. The van der Waals surface area contributed by atoms with E-state index < -0.39 is 12.2 Å². The molecule has 0 aromatic heterocycles. The lowest BCUT2D eigenvalue weighted by molar-refractivity contribution is -0.160. The van der Waals surface area contributed by atoms with Crippen molar-refractivity contribution >= 4 is 5.97 Å². The number of aliphatic hydroxyl groups excluding tert-OH is 1. The summed E-state index contributed by atoms with van der Waals surface area (Å²) in [6.45, 7) is 6.25. The first-order valence-electron chi connectivity index (χ1n) is 6.24. The predicted molar refractivity (Wildman–Crippen MR) is 65.3 cm³/mol. The predicted octanol–water partition coefficient (Wildman–Crippen LogP) is -0.354. The number of morpholine rings is 1. The van der Waals surface area contributed by atoms with Crippen LogP contribution < -0.4 is 0 Å². The number of ether oxygens (including phenoxy) is 3. The minimum atomic E-state index is -0.554. The van der Waals surface area contributed by atoms with E-state index >= 15 is 0 Å². The van der Waals surface area contributed by atoms with Gasteiger partial charge in [0.25, 0.3) is 0 Å². The Labute approximate surface area is 108 Å². The first-order valence-corrected chi connectivity index (χ1v) is 6.24. The van der Waals surface area contributed by atoms with Crippen LogP contribution in [-0.2, 0) is 19.0 Å². The van der Waals surface area contributed by atoms with Gasteiger partial charge in [0.1, 0.15) is 0 Å². The van der Waals surface area contributed by atoms with Crippen LogP contribution in [0.4, 0.5) is 0 Å². The molecule has 1 aliphatic rings. The number of hydrogen-bond donors (Lipinski definition) is 1. The van der Waals surface area contributed by atoms with E-state index in [9.17, 15) is 9.90 Å². The van der Waals surface area contributed by atoms with Crippen LogP contribution in [0.2, 0.25) is 0 Å². The largest absolute Gasteiger partial charge is 0.467 e. The van der Waals surface area contributed by atoms with Gasteiger partial charge in [0.15, 0.2) is 6.10 Å². The summed E-state index contributed by atoms with van der Waals surface area (Å²) in [5, 5.41) is 9.81. The third-order valence-electron chi connectivity index (χ3n) is 2.71. The van der Waals surface area contributed by atoms with Gasteiger partial charge >= 0.3 is 5.97 Å². The Balaban J connectivity index is 2.31. The maximum absolute atomic E-state index is 11.4. The highest BCUT2D eigenvalue weighted by Crippen LogP contribution is 2.07. The van der Waals surface area contributed by atoms with Crippen molar-refractivity contribution in [3.8, 4) is 0 Å². The first kappa shape index (κ1) is 15.4. The number of esters is 1. The third-order valence-corrected chi connectivity index (χ3v) is 2.71. The summed E-state index contributed by atoms with van der Waals surface area (Å²) in [5.74, 6) is -0.368. The Morgan fingerprint density at radius 1 is 1.56 bits per heavy atom. The molecule has 1 aliphatic heterocycles. The molecule has 0 spiro atoms. The van der Waals surface area contributed by atoms with Crippen molar-refractivity contribution in [3.05, 3.63) is 0 Å². The summed E-state index contributed by atoms with van der Waals surface area (Å²) in [4.78, 5) is 13.3. The molecule has 106 valence electrons. The van der Waals surface area contributed by atoms with Gasteiger partial charge in [0, 0.05) is 19.6 Å². The highest BCUT2D eigenvalue weighted by atomic mass is 16.6. The first-order chi connectivity index (χ1) is 8.52. The van der Waals surface area contributed by atoms with Gasteiger partial charge in [-0.25, -0.2) is 4.79 Å². The molecule has 6 heteroatoms. The van der Waals surface area contributed by atoms with Gasteiger partial charge in [-0.1, -0.05) is 0 Å². The number of carbonyl (C=O) groups is 1. The molecule has 0 bridgehead atoms. The van der Waals surface area contributed by atoms with Crippen LogP contribution in [0.3, 0.4) is 0 Å². The van der Waals surface area contributed by atoms with Crippen molar-refractivity contribution in [1.82, 2.24) is 4.90 Å². The van der Waals surface area contributed by atoms with Crippen LogP contribution in [0.5, 0.6) is 0 Å². The van der Waals surface area contributed by atoms with Gasteiger partial charge in [0.05, 0.1) is 32.5 Å². The summed E-state index contributed by atoms with van der Waals surface area (Å²) in [5.41, 5.74) is 0. The summed E-state index contributed by atoms with van der Waals surface area (Å²) >= 11 is 0. The number of carbonyl (C=O) groups excluding carboxylic acids is 1. The SMILES string of the molecule is COC(=O)C1CN(CC(O)COC(C)C)CCO1. The van der Waals surface area contributed by atoms with Crippen LogP contribution in [-0.4, -0.2) is 74.2 Å². The number of nitrogens with zero attached hydrogens (tertiary/aromatic N) is 1. The van der Waals surface area contributed by atoms with E-state index in [0.717, 1.165) is 0 Å². The fourth-order valence-corrected chi connectivity index (χ4v) is 1.80. The van der Waals surface area contributed by atoms with Gasteiger partial charge in [0.2, 0.25) is 0 Å². The maximum atomic E-state index is 11.4. The quantitative estimate of drug-likeness (QED) is 0.659. The van der Waals surface area contributed by atoms with Crippen LogP contribution in [0.25, 0.3) is 0 Å². The van der Waals surface area contributed by atoms with Crippen LogP contribution in [0.15, 0.2) is 0 Å². The second-order valence-electron chi connectivity index (χ2n) is 4.68. The topological polar surface area (TPSA) is 68.2 Å². The van der Waals surface area contributed by atoms with Gasteiger partial charge in [-0.15, -0.1) is 0 Å². The number of methoxy groups -OCH3 is 1. The van der Waals surface area contributed by atoms with E-state index in [4.69, 9.17) is 9.47 Å². The number of β-amino-alcohol motifs (C(OH)–C–C–N with tert-alkyl or cyclic N) is 1. The Morgan fingerprint density at radius 3 is 2.89 bits per heavy atom. The Hall–Kier alpha value is -0.690. The van der Waals surface area contributed by atoms with E-state index in [1.807, 2.05) is 18.7 Å². The van der Waals surface area contributed by atoms with E-state index in [1.54, 1.807) is 0 Å². The summed E-state index contributed by atoms with van der Waals surface area (Å²) < 4.78 is 15.3. The molecule has 0 aromatic carbocycles. The molecule has 2 atom stereocenters. The van der Waals surface area contributed by atoms with Crippen molar-refractivity contribution in [2.24, 2.45) is 0 Å². The molecule has 6 nitrogen and oxygen atoms in total. The van der Waals surface area contributed by atoms with E-state index in [1.165, 1.54) is 7.11 Å².